The minimum Gasteiger partial charge on any atom is -0.497 e. The molecule has 3 aliphatic carbocycles. The molecule has 0 heterocycles. The van der Waals surface area contributed by atoms with Crippen LogP contribution in [0.15, 0.2) is 18.2 Å². The van der Waals surface area contributed by atoms with Crippen molar-refractivity contribution >= 4 is 16.6 Å². The molecule has 1 aromatic carbocycles. The third-order valence-electron chi connectivity index (χ3n) is 7.83. The molecule has 2 fully saturated rings. The fraction of sp³-hybridized carbons (Fsp3) is 0.760. The molecule has 0 spiro atoms. The van der Waals surface area contributed by atoms with Gasteiger partial charge in [-0.2, -0.15) is 0 Å². The van der Waals surface area contributed by atoms with E-state index in [4.69, 9.17) is 13.6 Å². The second-order valence-electron chi connectivity index (χ2n) is 12.2. The Hall–Kier alpha value is -0.626. The predicted molar refractivity (Wildman–Crippen MR) is 129 cm³/mol. The number of hydrogen-bond acceptors (Lipinski definition) is 3. The third kappa shape index (κ3) is 4.19. The van der Waals surface area contributed by atoms with Gasteiger partial charge in [0.2, 0.25) is 0 Å². The zero-order valence-electron chi connectivity index (χ0n) is 20.4. The number of fused-ring (bicyclic) bond motifs is 5. The molecule has 1 aromatic rings. The predicted octanol–water partition coefficient (Wildman–Crippen LogP) is 6.60. The minimum absolute atomic E-state index is 0.246. The lowest BCUT2D eigenvalue weighted by atomic mass is 9.55. The van der Waals surface area contributed by atoms with E-state index in [0.29, 0.717) is 11.8 Å². The van der Waals surface area contributed by atoms with Crippen LogP contribution in [0.25, 0.3) is 0 Å². The molecule has 0 radical (unpaired) electrons. The SMILES string of the molecule is COc1ccc2c(c1)CC[C@@H]1[C@@H]2CC[C@@]2(C)[C@H]1C[C@H](O[Si](C)(C)C)[C@@H]2O[Si](C)(C)C. The largest absolute Gasteiger partial charge is 0.497 e. The maximum Gasteiger partial charge on any atom is 0.184 e. The Morgan fingerprint density at radius 2 is 1.67 bits per heavy atom. The van der Waals surface area contributed by atoms with Crippen molar-refractivity contribution in [2.75, 3.05) is 7.11 Å². The second kappa shape index (κ2) is 7.75. The topological polar surface area (TPSA) is 27.7 Å². The van der Waals surface area contributed by atoms with E-state index in [0.717, 1.165) is 11.7 Å². The highest BCUT2D eigenvalue weighted by atomic mass is 28.4. The average Bonchev–Trinajstić information content (AvgIpc) is 2.90. The molecule has 4 rings (SSSR count). The Balaban J connectivity index is 1.65. The summed E-state index contributed by atoms with van der Waals surface area (Å²) >= 11 is 0. The number of ether oxygens (including phenoxy) is 1. The Morgan fingerprint density at radius 3 is 2.30 bits per heavy atom. The summed E-state index contributed by atoms with van der Waals surface area (Å²) in [6.45, 7) is 16.5. The van der Waals surface area contributed by atoms with Gasteiger partial charge in [-0.05, 0) is 118 Å². The molecule has 0 N–H and O–H groups in total. The van der Waals surface area contributed by atoms with Gasteiger partial charge in [-0.25, -0.2) is 0 Å². The van der Waals surface area contributed by atoms with Crippen molar-refractivity contribution in [1.82, 2.24) is 0 Å². The molecule has 5 heteroatoms. The summed E-state index contributed by atoms with van der Waals surface area (Å²) in [5.74, 6) is 3.15. The van der Waals surface area contributed by atoms with Gasteiger partial charge >= 0.3 is 0 Å². The number of hydrogen-bond donors (Lipinski definition) is 0. The molecule has 0 bridgehead atoms. The van der Waals surface area contributed by atoms with Crippen molar-refractivity contribution in [2.24, 2.45) is 17.3 Å². The fourth-order valence-corrected chi connectivity index (χ4v) is 9.10. The normalized spacial score (nSPS) is 36.1. The van der Waals surface area contributed by atoms with Gasteiger partial charge < -0.3 is 13.6 Å². The molecule has 0 saturated heterocycles. The highest BCUT2D eigenvalue weighted by Crippen LogP contribution is 2.62. The Labute approximate surface area is 186 Å². The van der Waals surface area contributed by atoms with Gasteiger partial charge in [-0.15, -0.1) is 0 Å². The van der Waals surface area contributed by atoms with Crippen LogP contribution in [-0.2, 0) is 15.3 Å². The smallest absolute Gasteiger partial charge is 0.184 e. The minimum atomic E-state index is -1.65. The third-order valence-corrected chi connectivity index (χ3v) is 9.80. The fourth-order valence-electron chi connectivity index (χ4n) is 6.78. The van der Waals surface area contributed by atoms with E-state index < -0.39 is 16.6 Å². The highest BCUT2D eigenvalue weighted by Gasteiger charge is 2.60. The van der Waals surface area contributed by atoms with Crippen LogP contribution in [0.2, 0.25) is 39.3 Å². The standard InChI is InChI=1S/C25H42O3Si2/c1-25-14-13-20-19-12-10-18(26-2)15-17(19)9-11-21(20)22(25)16-23(27-29(3,4)5)24(25)28-30(6,7)8/h10,12,15,20-24H,9,11,13-14,16H2,1-8H3/t20-,21-,22+,23+,24+,25+/m1/s1. The molecule has 3 nitrogen and oxygen atoms in total. The summed E-state index contributed by atoms with van der Waals surface area (Å²) in [4.78, 5) is 0. The molecule has 2 saturated carbocycles. The zero-order chi connectivity index (χ0) is 21.9. The summed E-state index contributed by atoms with van der Waals surface area (Å²) in [6, 6.07) is 6.80. The van der Waals surface area contributed by atoms with E-state index >= 15 is 0 Å². The van der Waals surface area contributed by atoms with E-state index in [1.807, 2.05) is 0 Å². The Bertz CT molecular complexity index is 782. The number of benzene rings is 1. The summed E-state index contributed by atoms with van der Waals surface area (Å²) in [5, 5.41) is 0. The molecule has 168 valence electrons. The first-order valence-corrected chi connectivity index (χ1v) is 18.8. The Kier molecular flexibility index (Phi) is 5.83. The first-order chi connectivity index (χ1) is 13.9. The van der Waals surface area contributed by atoms with Gasteiger partial charge in [0.25, 0.3) is 0 Å². The quantitative estimate of drug-likeness (QED) is 0.477. The van der Waals surface area contributed by atoms with Gasteiger partial charge in [0, 0.05) is 0 Å². The summed E-state index contributed by atoms with van der Waals surface area (Å²) < 4.78 is 19.2. The van der Waals surface area contributed by atoms with Crippen molar-refractivity contribution in [3.63, 3.8) is 0 Å². The molecule has 6 atom stereocenters. The van der Waals surface area contributed by atoms with Gasteiger partial charge in [0.05, 0.1) is 19.3 Å². The van der Waals surface area contributed by atoms with Crippen LogP contribution in [0.5, 0.6) is 5.75 Å². The van der Waals surface area contributed by atoms with Crippen LogP contribution >= 0.6 is 0 Å². The maximum absolute atomic E-state index is 6.93. The maximum atomic E-state index is 6.93. The van der Waals surface area contributed by atoms with Crippen LogP contribution in [0.3, 0.4) is 0 Å². The summed E-state index contributed by atoms with van der Waals surface area (Å²) in [6.07, 6.45) is 6.73. The van der Waals surface area contributed by atoms with Crippen LogP contribution in [0, 0.1) is 17.3 Å². The van der Waals surface area contributed by atoms with Crippen molar-refractivity contribution in [2.45, 2.75) is 96.4 Å². The summed E-state index contributed by atoms with van der Waals surface area (Å²) in [7, 11) is -1.51. The molecule has 30 heavy (non-hydrogen) atoms. The van der Waals surface area contributed by atoms with Gasteiger partial charge in [-0.3, -0.25) is 0 Å². The molecular weight excluding hydrogens is 404 g/mol. The number of rotatable bonds is 5. The van der Waals surface area contributed by atoms with Gasteiger partial charge in [0.1, 0.15) is 5.75 Å². The van der Waals surface area contributed by atoms with E-state index in [1.54, 1.807) is 12.7 Å². The molecule has 0 unspecified atom stereocenters. The zero-order valence-corrected chi connectivity index (χ0v) is 22.4. The lowest BCUT2D eigenvalue weighted by Gasteiger charge is -2.51. The van der Waals surface area contributed by atoms with Crippen LogP contribution < -0.4 is 4.74 Å². The van der Waals surface area contributed by atoms with Gasteiger partial charge in [-0.1, -0.05) is 13.0 Å². The Morgan fingerprint density at radius 1 is 0.967 bits per heavy atom. The molecule has 0 amide bonds. The highest BCUT2D eigenvalue weighted by molar-refractivity contribution is 6.70. The summed E-state index contributed by atoms with van der Waals surface area (Å²) in [5.41, 5.74) is 3.35. The molecule has 3 aliphatic rings. The lowest BCUT2D eigenvalue weighted by molar-refractivity contribution is -0.0363. The van der Waals surface area contributed by atoms with Crippen molar-refractivity contribution < 1.29 is 13.6 Å². The van der Waals surface area contributed by atoms with Crippen molar-refractivity contribution in [3.05, 3.63) is 29.3 Å². The lowest BCUT2D eigenvalue weighted by Crippen LogP contribution is -2.50. The van der Waals surface area contributed by atoms with E-state index in [1.165, 1.54) is 37.7 Å². The van der Waals surface area contributed by atoms with Crippen LogP contribution in [-0.4, -0.2) is 36.0 Å². The second-order valence-corrected chi connectivity index (χ2v) is 21.1. The van der Waals surface area contributed by atoms with Crippen molar-refractivity contribution in [3.8, 4) is 5.75 Å². The van der Waals surface area contributed by atoms with E-state index in [9.17, 15) is 0 Å². The van der Waals surface area contributed by atoms with E-state index in [2.05, 4.69) is 64.4 Å². The molecular formula is C25H42O3Si2. The average molecular weight is 447 g/mol. The molecule has 0 aromatic heterocycles. The molecule has 0 aliphatic heterocycles. The monoisotopic (exact) mass is 446 g/mol. The first kappa shape index (κ1) is 22.6. The van der Waals surface area contributed by atoms with Crippen molar-refractivity contribution in [1.29, 1.82) is 0 Å². The number of aryl methyl sites for hydroxylation is 1. The van der Waals surface area contributed by atoms with Gasteiger partial charge in [0.15, 0.2) is 16.6 Å². The van der Waals surface area contributed by atoms with E-state index in [-0.39, 0.29) is 17.6 Å². The first-order valence-electron chi connectivity index (χ1n) is 11.9. The van der Waals surface area contributed by atoms with Crippen LogP contribution in [0.4, 0.5) is 0 Å². The number of methoxy groups -OCH3 is 1. The van der Waals surface area contributed by atoms with Crippen LogP contribution in [0.1, 0.15) is 49.7 Å².